The van der Waals surface area contributed by atoms with Crippen molar-refractivity contribution in [1.29, 1.82) is 0 Å². The molecule has 0 aliphatic carbocycles. The molecule has 2 amide bonds. The first-order valence-corrected chi connectivity index (χ1v) is 3.28. The van der Waals surface area contributed by atoms with Crippen molar-refractivity contribution in [3.8, 4) is 0 Å². The van der Waals surface area contributed by atoms with Gasteiger partial charge in [-0.25, -0.2) is 4.79 Å². The van der Waals surface area contributed by atoms with Gasteiger partial charge in [-0.15, -0.1) is 12.4 Å². The highest BCUT2D eigenvalue weighted by Crippen LogP contribution is 2.15. The molecule has 72 valence electrons. The number of carbonyl (C=O) groups excluding carboxylic acids is 1. The van der Waals surface area contributed by atoms with Crippen LogP contribution in [0.1, 0.15) is 20.8 Å². The summed E-state index contributed by atoms with van der Waals surface area (Å²) in [4.78, 5) is 22.1. The molecule has 0 aliphatic heterocycles. The van der Waals surface area contributed by atoms with Crippen LogP contribution in [0.2, 0.25) is 0 Å². The van der Waals surface area contributed by atoms with E-state index in [1.807, 2.05) is 0 Å². The van der Waals surface area contributed by atoms with Crippen molar-refractivity contribution in [2.24, 2.45) is 5.41 Å². The van der Waals surface area contributed by atoms with Crippen LogP contribution in [0, 0.1) is 5.41 Å². The summed E-state index contributed by atoms with van der Waals surface area (Å²) in [5, 5.41) is 8.42. The van der Waals surface area contributed by atoms with Gasteiger partial charge in [0, 0.05) is 12.5 Å². The number of hydrogen-bond acceptors (Lipinski definition) is 2. The van der Waals surface area contributed by atoms with Gasteiger partial charge in [0.05, 0.1) is 0 Å². The fourth-order valence-corrected chi connectivity index (χ4v) is 0.590. The Kier molecular flexibility index (Phi) is 4.95. The van der Waals surface area contributed by atoms with Crippen LogP contribution in [0.25, 0.3) is 0 Å². The van der Waals surface area contributed by atoms with E-state index in [1.54, 1.807) is 20.8 Å². The maximum atomic E-state index is 11.2. The van der Waals surface area contributed by atoms with Crippen molar-refractivity contribution in [2.45, 2.75) is 20.8 Å². The van der Waals surface area contributed by atoms with Crippen LogP contribution in [-0.2, 0) is 4.79 Å². The maximum absolute atomic E-state index is 11.2. The van der Waals surface area contributed by atoms with Gasteiger partial charge in [0.15, 0.2) is 0 Å². The normalized spacial score (nSPS) is 10.0. The molecule has 0 fully saturated rings. The number of hydrogen-bond donors (Lipinski definition) is 1. The van der Waals surface area contributed by atoms with Crippen LogP contribution >= 0.6 is 12.4 Å². The fourth-order valence-electron chi connectivity index (χ4n) is 0.590. The second kappa shape index (κ2) is 4.30. The van der Waals surface area contributed by atoms with Crippen molar-refractivity contribution < 1.29 is 14.7 Å². The first-order valence-electron chi connectivity index (χ1n) is 3.28. The molecular weight excluding hydrogens is 182 g/mol. The van der Waals surface area contributed by atoms with Crippen LogP contribution in [0.5, 0.6) is 0 Å². The summed E-state index contributed by atoms with van der Waals surface area (Å²) in [5.41, 5.74) is -0.632. The van der Waals surface area contributed by atoms with Gasteiger partial charge < -0.3 is 5.11 Å². The van der Waals surface area contributed by atoms with E-state index in [-0.39, 0.29) is 12.4 Å². The summed E-state index contributed by atoms with van der Waals surface area (Å²) in [6.45, 7) is 5.03. The van der Waals surface area contributed by atoms with E-state index in [9.17, 15) is 9.59 Å². The zero-order valence-corrected chi connectivity index (χ0v) is 8.44. The summed E-state index contributed by atoms with van der Waals surface area (Å²) in [7, 11) is 1.25. The average Bonchev–Trinajstić information content (AvgIpc) is 1.82. The van der Waals surface area contributed by atoms with Gasteiger partial charge in [0.2, 0.25) is 5.91 Å². The fraction of sp³-hybridized carbons (Fsp3) is 0.714. The highest BCUT2D eigenvalue weighted by Gasteiger charge is 2.28. The Morgan fingerprint density at radius 3 is 1.67 bits per heavy atom. The third-order valence-corrected chi connectivity index (χ3v) is 1.23. The summed E-state index contributed by atoms with van der Waals surface area (Å²) in [6, 6.07) is 0. The molecule has 0 bridgehead atoms. The molecular formula is C7H14ClNO3. The van der Waals surface area contributed by atoms with E-state index in [4.69, 9.17) is 5.11 Å². The Balaban J connectivity index is 0. The van der Waals surface area contributed by atoms with Crippen LogP contribution in [0.3, 0.4) is 0 Å². The van der Waals surface area contributed by atoms with Crippen molar-refractivity contribution in [3.63, 3.8) is 0 Å². The molecule has 1 N–H and O–H groups in total. The molecule has 0 unspecified atom stereocenters. The molecule has 0 rings (SSSR count). The quantitative estimate of drug-likeness (QED) is 0.639. The molecule has 0 aromatic carbocycles. The predicted molar refractivity (Wildman–Crippen MR) is 47.5 cm³/mol. The molecule has 0 heterocycles. The lowest BCUT2D eigenvalue weighted by molar-refractivity contribution is -0.135. The van der Waals surface area contributed by atoms with Gasteiger partial charge in [0.1, 0.15) is 0 Å². The Bertz CT molecular complexity index is 186. The first kappa shape index (κ1) is 13.8. The van der Waals surface area contributed by atoms with Gasteiger partial charge in [0.25, 0.3) is 0 Å². The Hall–Kier alpha value is -0.770. The smallest absolute Gasteiger partial charge is 0.413 e. The maximum Gasteiger partial charge on any atom is 0.413 e. The van der Waals surface area contributed by atoms with Crippen LogP contribution in [0.4, 0.5) is 4.79 Å². The van der Waals surface area contributed by atoms with Crippen molar-refractivity contribution in [3.05, 3.63) is 0 Å². The number of carboxylic acid groups (broad SMARTS) is 1. The van der Waals surface area contributed by atoms with E-state index < -0.39 is 17.4 Å². The van der Waals surface area contributed by atoms with Gasteiger partial charge in [-0.3, -0.25) is 9.69 Å². The van der Waals surface area contributed by atoms with E-state index >= 15 is 0 Å². The van der Waals surface area contributed by atoms with Crippen LogP contribution in [0.15, 0.2) is 0 Å². The van der Waals surface area contributed by atoms with Gasteiger partial charge >= 0.3 is 6.09 Å². The minimum Gasteiger partial charge on any atom is -0.465 e. The minimum absolute atomic E-state index is 0. The van der Waals surface area contributed by atoms with E-state index in [1.165, 1.54) is 7.05 Å². The monoisotopic (exact) mass is 195 g/mol. The molecule has 0 saturated heterocycles. The van der Waals surface area contributed by atoms with E-state index in [0.29, 0.717) is 4.90 Å². The Labute approximate surface area is 78.0 Å². The summed E-state index contributed by atoms with van der Waals surface area (Å²) < 4.78 is 0. The molecule has 0 aromatic heterocycles. The lowest BCUT2D eigenvalue weighted by Crippen LogP contribution is -2.39. The predicted octanol–water partition coefficient (Wildman–Crippen LogP) is 1.59. The summed E-state index contributed by atoms with van der Waals surface area (Å²) in [5.74, 6) is -0.398. The molecule has 0 radical (unpaired) electrons. The van der Waals surface area contributed by atoms with Crippen molar-refractivity contribution in [1.82, 2.24) is 4.90 Å². The molecule has 0 aliphatic rings. The number of carbonyl (C=O) groups is 2. The zero-order valence-electron chi connectivity index (χ0n) is 7.62. The average molecular weight is 196 g/mol. The second-order valence-corrected chi connectivity index (χ2v) is 3.40. The summed E-state index contributed by atoms with van der Waals surface area (Å²) >= 11 is 0. The van der Waals surface area contributed by atoms with Crippen molar-refractivity contribution in [2.75, 3.05) is 7.05 Å². The zero-order chi connectivity index (χ0) is 9.23. The van der Waals surface area contributed by atoms with Gasteiger partial charge in [-0.2, -0.15) is 0 Å². The highest BCUT2D eigenvalue weighted by atomic mass is 35.5. The van der Waals surface area contributed by atoms with Gasteiger partial charge in [-0.1, -0.05) is 20.8 Å². The molecule has 5 heteroatoms. The van der Waals surface area contributed by atoms with Crippen molar-refractivity contribution >= 4 is 24.4 Å². The van der Waals surface area contributed by atoms with Gasteiger partial charge in [-0.05, 0) is 0 Å². The molecule has 0 atom stereocenters. The number of rotatable bonds is 0. The summed E-state index contributed by atoms with van der Waals surface area (Å²) in [6.07, 6.45) is -1.22. The largest absolute Gasteiger partial charge is 0.465 e. The number of amides is 2. The third kappa shape index (κ3) is 3.57. The molecule has 4 nitrogen and oxygen atoms in total. The first-order chi connectivity index (χ1) is 4.76. The number of imide groups is 1. The Morgan fingerprint density at radius 2 is 1.58 bits per heavy atom. The number of halogens is 1. The Morgan fingerprint density at radius 1 is 1.25 bits per heavy atom. The molecule has 0 saturated carbocycles. The van der Waals surface area contributed by atoms with Crippen LogP contribution < -0.4 is 0 Å². The third-order valence-electron chi connectivity index (χ3n) is 1.23. The van der Waals surface area contributed by atoms with E-state index in [2.05, 4.69) is 0 Å². The SMILES string of the molecule is CN(C(=O)O)C(=O)C(C)(C)C.Cl. The minimum atomic E-state index is -1.22. The topological polar surface area (TPSA) is 57.6 Å². The van der Waals surface area contributed by atoms with Crippen LogP contribution in [-0.4, -0.2) is 29.1 Å². The standard InChI is InChI=1S/C7H13NO3.ClH/c1-7(2,3)5(9)8(4)6(10)11;/h1-4H3,(H,10,11);1H. The molecule has 0 spiro atoms. The second-order valence-electron chi connectivity index (χ2n) is 3.40. The number of nitrogens with zero attached hydrogens (tertiary/aromatic N) is 1. The lowest BCUT2D eigenvalue weighted by atomic mass is 9.95. The van der Waals surface area contributed by atoms with E-state index in [0.717, 1.165) is 0 Å². The molecule has 12 heavy (non-hydrogen) atoms. The lowest BCUT2D eigenvalue weighted by Gasteiger charge is -2.21. The molecule has 0 aromatic rings. The highest BCUT2D eigenvalue weighted by molar-refractivity contribution is 5.93.